The van der Waals surface area contributed by atoms with Crippen LogP contribution in [0, 0.1) is 0 Å². The summed E-state index contributed by atoms with van der Waals surface area (Å²) < 4.78 is 22.9. The Hall–Kier alpha value is -4.71. The van der Waals surface area contributed by atoms with Crippen LogP contribution in [0.4, 0.5) is 10.5 Å². The molecule has 2 atom stereocenters. The SMILES string of the molecule is COc1ccccc1COCCCOc1ccc(C2CCN(C(=O)OC(C)(C)C)CC2NC(=O)c2ccc3c(c2)N(CC(=O)N(C)C)CCC3)cc1.[B]. The quantitative estimate of drug-likeness (QED) is 0.178. The number of likely N-dealkylation sites (tertiary alicyclic amines) is 1. The zero-order valence-corrected chi connectivity index (χ0v) is 32.1. The Morgan fingerprint density at radius 1 is 0.962 bits per heavy atom. The topological polar surface area (TPSA) is 110 Å². The first-order chi connectivity index (χ1) is 24.9. The Labute approximate surface area is 316 Å². The maximum absolute atomic E-state index is 13.9. The van der Waals surface area contributed by atoms with Crippen LogP contribution in [-0.4, -0.2) is 108 Å². The number of fused-ring (bicyclic) bond motifs is 1. The number of ether oxygens (including phenoxy) is 4. The molecule has 3 aromatic rings. The number of likely N-dealkylation sites (N-methyl/N-ethyl adjacent to an activating group) is 1. The molecule has 2 aliphatic rings. The second kappa shape index (κ2) is 18.9. The number of amides is 3. The number of carbonyl (C=O) groups is 3. The highest BCUT2D eigenvalue weighted by Crippen LogP contribution is 2.32. The molecule has 1 N–H and O–H groups in total. The van der Waals surface area contributed by atoms with Crippen molar-refractivity contribution >= 4 is 32.0 Å². The van der Waals surface area contributed by atoms with Gasteiger partial charge in [0.15, 0.2) is 0 Å². The molecule has 5 rings (SSSR count). The van der Waals surface area contributed by atoms with E-state index in [0.29, 0.717) is 44.9 Å². The van der Waals surface area contributed by atoms with E-state index in [4.69, 9.17) is 18.9 Å². The van der Waals surface area contributed by atoms with E-state index in [2.05, 4.69) is 10.2 Å². The normalized spacial score (nSPS) is 16.9. The molecule has 0 aromatic heterocycles. The van der Waals surface area contributed by atoms with Crippen molar-refractivity contribution in [1.82, 2.24) is 15.1 Å². The van der Waals surface area contributed by atoms with Gasteiger partial charge in [-0.05, 0) is 81.5 Å². The molecular weight excluding hydrogens is 671 g/mol. The monoisotopic (exact) mass is 725 g/mol. The van der Waals surface area contributed by atoms with Crippen LogP contribution in [0.15, 0.2) is 66.7 Å². The molecule has 2 unspecified atom stereocenters. The number of para-hydroxylation sites is 1. The van der Waals surface area contributed by atoms with Gasteiger partial charge in [-0.1, -0.05) is 36.4 Å². The van der Waals surface area contributed by atoms with Gasteiger partial charge in [0.05, 0.1) is 39.5 Å². The first-order valence-electron chi connectivity index (χ1n) is 18.2. The third-order valence-corrected chi connectivity index (χ3v) is 9.43. The third-order valence-electron chi connectivity index (χ3n) is 9.43. The Morgan fingerprint density at radius 2 is 1.72 bits per heavy atom. The molecule has 0 bridgehead atoms. The number of anilines is 1. The van der Waals surface area contributed by atoms with Crippen LogP contribution in [-0.2, 0) is 27.3 Å². The lowest BCUT2D eigenvalue weighted by atomic mass is 9.85. The maximum Gasteiger partial charge on any atom is 0.410 e. The first kappa shape index (κ1) is 41.1. The number of nitrogens with one attached hydrogen (secondary N) is 1. The summed E-state index contributed by atoms with van der Waals surface area (Å²) in [5, 5.41) is 3.26. The van der Waals surface area contributed by atoms with Crippen molar-refractivity contribution in [2.24, 2.45) is 0 Å². The van der Waals surface area contributed by atoms with Gasteiger partial charge in [0.25, 0.3) is 5.91 Å². The number of nitrogens with zero attached hydrogens (tertiary/aromatic N) is 3. The minimum atomic E-state index is -0.632. The largest absolute Gasteiger partial charge is 0.496 e. The molecule has 1 fully saturated rings. The van der Waals surface area contributed by atoms with Crippen LogP contribution in [0.3, 0.4) is 0 Å². The lowest BCUT2D eigenvalue weighted by molar-refractivity contribution is -0.127. The van der Waals surface area contributed by atoms with E-state index < -0.39 is 11.7 Å². The number of piperidine rings is 1. The molecule has 2 aliphatic heterocycles. The van der Waals surface area contributed by atoms with E-state index in [1.165, 1.54) is 0 Å². The number of hydrogen-bond acceptors (Lipinski definition) is 8. The van der Waals surface area contributed by atoms with E-state index in [1.807, 2.05) is 87.5 Å². The van der Waals surface area contributed by atoms with E-state index in [0.717, 1.165) is 59.7 Å². The van der Waals surface area contributed by atoms with E-state index in [9.17, 15) is 14.4 Å². The number of benzene rings is 3. The fraction of sp³-hybridized carbons (Fsp3) is 0.488. The molecular formula is C41H54BN4O7. The minimum Gasteiger partial charge on any atom is -0.496 e. The zero-order valence-electron chi connectivity index (χ0n) is 32.1. The average molecular weight is 726 g/mol. The fourth-order valence-corrected chi connectivity index (χ4v) is 6.67. The summed E-state index contributed by atoms with van der Waals surface area (Å²) in [6, 6.07) is 21.2. The number of aryl methyl sites for hydroxylation is 1. The van der Waals surface area contributed by atoms with Crippen molar-refractivity contribution in [3.63, 3.8) is 0 Å². The van der Waals surface area contributed by atoms with Gasteiger partial charge in [-0.25, -0.2) is 4.79 Å². The summed E-state index contributed by atoms with van der Waals surface area (Å²) >= 11 is 0. The lowest BCUT2D eigenvalue weighted by Crippen LogP contribution is -2.54. The van der Waals surface area contributed by atoms with Crippen molar-refractivity contribution in [2.75, 3.05) is 65.5 Å². The van der Waals surface area contributed by atoms with Crippen LogP contribution in [0.1, 0.15) is 73.0 Å². The summed E-state index contributed by atoms with van der Waals surface area (Å²) in [5.74, 6) is 1.33. The van der Waals surface area contributed by atoms with Crippen molar-refractivity contribution in [2.45, 2.75) is 70.6 Å². The molecule has 0 saturated carbocycles. The Bertz CT molecular complexity index is 1680. The van der Waals surface area contributed by atoms with Crippen LogP contribution in [0.2, 0.25) is 0 Å². The van der Waals surface area contributed by atoms with Gasteiger partial charge < -0.3 is 39.0 Å². The number of rotatable bonds is 13. The Morgan fingerprint density at radius 3 is 2.43 bits per heavy atom. The summed E-state index contributed by atoms with van der Waals surface area (Å²) in [5.41, 5.74) is 4.00. The highest BCUT2D eigenvalue weighted by Gasteiger charge is 2.35. The predicted molar refractivity (Wildman–Crippen MR) is 207 cm³/mol. The minimum absolute atomic E-state index is 0. The number of hydrogen-bond donors (Lipinski definition) is 1. The molecule has 283 valence electrons. The maximum atomic E-state index is 13.9. The zero-order chi connectivity index (χ0) is 37.3. The second-order valence-electron chi connectivity index (χ2n) is 14.7. The molecule has 0 aliphatic carbocycles. The molecule has 3 radical (unpaired) electrons. The molecule has 1 saturated heterocycles. The molecule has 3 amide bonds. The van der Waals surface area contributed by atoms with Crippen molar-refractivity contribution < 1.29 is 33.3 Å². The summed E-state index contributed by atoms with van der Waals surface area (Å²) in [6.45, 7) is 8.93. The van der Waals surface area contributed by atoms with E-state index in [-0.39, 0.29) is 38.7 Å². The fourth-order valence-electron chi connectivity index (χ4n) is 6.67. The van der Waals surface area contributed by atoms with Crippen LogP contribution in [0.5, 0.6) is 11.5 Å². The molecule has 53 heavy (non-hydrogen) atoms. The molecule has 12 heteroatoms. The van der Waals surface area contributed by atoms with Crippen molar-refractivity contribution in [3.05, 3.63) is 89.0 Å². The second-order valence-corrected chi connectivity index (χ2v) is 14.7. The summed E-state index contributed by atoms with van der Waals surface area (Å²) in [7, 11) is 5.16. The van der Waals surface area contributed by atoms with Gasteiger partial charge in [0.2, 0.25) is 5.91 Å². The van der Waals surface area contributed by atoms with Crippen molar-refractivity contribution in [1.29, 1.82) is 0 Å². The number of carbonyl (C=O) groups excluding carboxylic acids is 3. The smallest absolute Gasteiger partial charge is 0.410 e. The summed E-state index contributed by atoms with van der Waals surface area (Å²) in [4.78, 5) is 44.9. The molecule has 11 nitrogen and oxygen atoms in total. The number of methoxy groups -OCH3 is 1. The van der Waals surface area contributed by atoms with Gasteiger partial charge in [0, 0.05) is 71.3 Å². The van der Waals surface area contributed by atoms with Gasteiger partial charge in [-0.2, -0.15) is 0 Å². The molecule has 0 spiro atoms. The standard InChI is InChI=1S/C41H54N4O7.B/c1-41(2,3)52-40(48)45-22-20-34(29-16-18-33(19-17-29)51-24-10-23-50-28-32-11-7-8-13-37(32)49-6)35(26-45)42-39(47)31-15-14-30-12-9-21-44(36(30)25-31)27-38(46)43(4)5;/h7-8,11,13-19,25,34-35H,9-10,12,20-24,26-28H2,1-6H3,(H,42,47);. The van der Waals surface area contributed by atoms with E-state index in [1.54, 1.807) is 31.0 Å². The predicted octanol–water partition coefficient (Wildman–Crippen LogP) is 5.66. The first-order valence-corrected chi connectivity index (χ1v) is 18.2. The van der Waals surface area contributed by atoms with Crippen LogP contribution < -0.4 is 19.7 Å². The highest BCUT2D eigenvalue weighted by atomic mass is 16.6. The van der Waals surface area contributed by atoms with Gasteiger partial charge >= 0.3 is 6.09 Å². The lowest BCUT2D eigenvalue weighted by Gasteiger charge is -2.39. The third kappa shape index (κ3) is 11.4. The van der Waals surface area contributed by atoms with Gasteiger partial charge in [-0.3, -0.25) is 9.59 Å². The molecule has 2 heterocycles. The Balaban J connectivity index is 0.00000627. The van der Waals surface area contributed by atoms with Crippen molar-refractivity contribution in [3.8, 4) is 11.5 Å². The molecule has 3 aromatic carbocycles. The average Bonchev–Trinajstić information content (AvgIpc) is 3.12. The summed E-state index contributed by atoms with van der Waals surface area (Å²) in [6.07, 6.45) is 2.85. The van der Waals surface area contributed by atoms with Crippen LogP contribution >= 0.6 is 0 Å². The van der Waals surface area contributed by atoms with Gasteiger partial charge in [0.1, 0.15) is 17.1 Å². The highest BCUT2D eigenvalue weighted by molar-refractivity contribution is 5.96. The van der Waals surface area contributed by atoms with Gasteiger partial charge in [-0.15, -0.1) is 0 Å². The Kier molecular flexibility index (Phi) is 14.6. The van der Waals surface area contributed by atoms with E-state index >= 15 is 0 Å². The van der Waals surface area contributed by atoms with Crippen LogP contribution in [0.25, 0.3) is 0 Å².